The van der Waals surface area contributed by atoms with Crippen molar-refractivity contribution in [2.75, 3.05) is 13.7 Å². The Morgan fingerprint density at radius 3 is 2.50 bits per heavy atom. The predicted octanol–water partition coefficient (Wildman–Crippen LogP) is 3.60. The van der Waals surface area contributed by atoms with Gasteiger partial charge in [-0.15, -0.1) is 0 Å². The van der Waals surface area contributed by atoms with Crippen LogP contribution in [0.1, 0.15) is 28.7 Å². The fourth-order valence-electron chi connectivity index (χ4n) is 2.45. The summed E-state index contributed by atoms with van der Waals surface area (Å²) in [6, 6.07) is 15.4. The minimum atomic E-state index is 0.0316. The minimum Gasteiger partial charge on any atom is -0.493 e. The van der Waals surface area contributed by atoms with Crippen molar-refractivity contribution >= 4 is 5.91 Å². The molecule has 2 aromatic carbocycles. The van der Waals surface area contributed by atoms with Crippen molar-refractivity contribution in [1.82, 2.24) is 4.90 Å². The number of carbonyl (C=O) groups is 1. The number of ether oxygens (including phenoxy) is 1. The van der Waals surface area contributed by atoms with E-state index in [-0.39, 0.29) is 5.91 Å². The Morgan fingerprint density at radius 2 is 1.88 bits per heavy atom. The molecule has 4 heteroatoms. The van der Waals surface area contributed by atoms with Crippen LogP contribution in [0.25, 0.3) is 0 Å². The van der Waals surface area contributed by atoms with Gasteiger partial charge in [0.15, 0.2) is 0 Å². The number of amides is 1. The van der Waals surface area contributed by atoms with Crippen LogP contribution in [-0.4, -0.2) is 24.5 Å². The van der Waals surface area contributed by atoms with E-state index in [9.17, 15) is 4.79 Å². The summed E-state index contributed by atoms with van der Waals surface area (Å²) >= 11 is 0. The molecule has 0 saturated carbocycles. The summed E-state index contributed by atoms with van der Waals surface area (Å²) in [5.41, 5.74) is 3.89. The van der Waals surface area contributed by atoms with Gasteiger partial charge in [-0.3, -0.25) is 4.79 Å². The van der Waals surface area contributed by atoms with Crippen LogP contribution < -0.4 is 4.74 Å². The average molecular weight is 322 g/mol. The molecule has 0 N–H and O–H groups in total. The number of hydrogen-bond donors (Lipinski definition) is 0. The molecule has 0 bridgehead atoms. The third-order valence-corrected chi connectivity index (χ3v) is 3.83. The molecular formula is C20H22N2O2. The number of carbonyl (C=O) groups excluding carboxylic acids is 1. The third-order valence-electron chi connectivity index (χ3n) is 3.83. The molecule has 0 aliphatic heterocycles. The fraction of sp³-hybridized carbons (Fsp3) is 0.300. The van der Waals surface area contributed by atoms with E-state index in [0.29, 0.717) is 25.1 Å². The highest BCUT2D eigenvalue weighted by molar-refractivity contribution is 5.76. The molecule has 0 aromatic heterocycles. The van der Waals surface area contributed by atoms with Crippen LogP contribution in [-0.2, 0) is 11.3 Å². The second kappa shape index (κ2) is 8.16. The summed E-state index contributed by atoms with van der Waals surface area (Å²) in [6.45, 7) is 4.92. The Balaban J connectivity index is 1.81. The van der Waals surface area contributed by atoms with Crippen molar-refractivity contribution in [3.63, 3.8) is 0 Å². The highest BCUT2D eigenvalue weighted by atomic mass is 16.5. The van der Waals surface area contributed by atoms with Gasteiger partial charge in [-0.1, -0.05) is 29.8 Å². The van der Waals surface area contributed by atoms with Crippen molar-refractivity contribution in [3.05, 3.63) is 64.7 Å². The number of hydrogen-bond acceptors (Lipinski definition) is 3. The molecule has 2 rings (SSSR count). The lowest BCUT2D eigenvalue weighted by Gasteiger charge is -2.18. The fourth-order valence-corrected chi connectivity index (χ4v) is 2.45. The maximum Gasteiger partial charge on any atom is 0.226 e. The third kappa shape index (κ3) is 4.85. The molecular weight excluding hydrogens is 300 g/mol. The Kier molecular flexibility index (Phi) is 5.97. The van der Waals surface area contributed by atoms with Gasteiger partial charge in [-0.05, 0) is 43.2 Å². The summed E-state index contributed by atoms with van der Waals surface area (Å²) < 4.78 is 5.71. The Morgan fingerprint density at radius 1 is 1.17 bits per heavy atom. The van der Waals surface area contributed by atoms with Gasteiger partial charge in [0.25, 0.3) is 0 Å². The molecule has 0 aliphatic carbocycles. The van der Waals surface area contributed by atoms with Crippen molar-refractivity contribution < 1.29 is 9.53 Å². The maximum atomic E-state index is 12.2. The molecule has 124 valence electrons. The standard InChI is InChI=1S/C20H22N2O2/c1-15-4-9-19(16(2)12-15)24-11-10-20(23)22(3)14-18-7-5-17(13-21)6-8-18/h4-9,12H,10-11,14H2,1-3H3. The molecule has 1 amide bonds. The number of benzene rings is 2. The maximum absolute atomic E-state index is 12.2. The smallest absolute Gasteiger partial charge is 0.226 e. The molecule has 4 nitrogen and oxygen atoms in total. The van der Waals surface area contributed by atoms with Gasteiger partial charge in [-0.2, -0.15) is 5.26 Å². The number of rotatable bonds is 6. The highest BCUT2D eigenvalue weighted by Crippen LogP contribution is 2.18. The van der Waals surface area contributed by atoms with Crippen LogP contribution in [0.5, 0.6) is 5.75 Å². The van der Waals surface area contributed by atoms with Crippen LogP contribution in [0.3, 0.4) is 0 Å². The summed E-state index contributed by atoms with van der Waals surface area (Å²) in [5, 5.41) is 8.80. The van der Waals surface area contributed by atoms with E-state index in [1.54, 1.807) is 24.1 Å². The monoisotopic (exact) mass is 322 g/mol. The van der Waals surface area contributed by atoms with Gasteiger partial charge in [0.2, 0.25) is 5.91 Å². The second-order valence-electron chi connectivity index (χ2n) is 5.93. The first-order valence-electron chi connectivity index (χ1n) is 7.92. The highest BCUT2D eigenvalue weighted by Gasteiger charge is 2.10. The SMILES string of the molecule is Cc1ccc(OCCC(=O)N(C)Cc2ccc(C#N)cc2)c(C)c1. The quantitative estimate of drug-likeness (QED) is 0.816. The van der Waals surface area contributed by atoms with Crippen LogP contribution in [0, 0.1) is 25.2 Å². The first-order chi connectivity index (χ1) is 11.5. The first-order valence-corrected chi connectivity index (χ1v) is 7.92. The van der Waals surface area contributed by atoms with Gasteiger partial charge in [0, 0.05) is 13.6 Å². The van der Waals surface area contributed by atoms with Gasteiger partial charge in [0.1, 0.15) is 5.75 Å². The van der Waals surface area contributed by atoms with E-state index >= 15 is 0 Å². The lowest BCUT2D eigenvalue weighted by Crippen LogP contribution is -2.27. The van der Waals surface area contributed by atoms with Crippen molar-refractivity contribution in [3.8, 4) is 11.8 Å². The molecule has 0 spiro atoms. The molecule has 2 aromatic rings. The van der Waals surface area contributed by atoms with E-state index < -0.39 is 0 Å². The topological polar surface area (TPSA) is 53.3 Å². The summed E-state index contributed by atoms with van der Waals surface area (Å²) in [6.07, 6.45) is 0.333. The lowest BCUT2D eigenvalue weighted by molar-refractivity contribution is -0.130. The zero-order valence-electron chi connectivity index (χ0n) is 14.4. The lowest BCUT2D eigenvalue weighted by atomic mass is 10.1. The van der Waals surface area contributed by atoms with Gasteiger partial charge >= 0.3 is 0 Å². The van der Waals surface area contributed by atoms with E-state index in [1.807, 2.05) is 38.1 Å². The summed E-state index contributed by atoms with van der Waals surface area (Å²) in [4.78, 5) is 13.9. The minimum absolute atomic E-state index is 0.0316. The van der Waals surface area contributed by atoms with E-state index in [4.69, 9.17) is 10.00 Å². The number of aryl methyl sites for hydroxylation is 2. The van der Waals surface area contributed by atoms with Gasteiger partial charge in [-0.25, -0.2) is 0 Å². The molecule has 0 saturated heterocycles. The van der Waals surface area contributed by atoms with Crippen molar-refractivity contribution in [2.45, 2.75) is 26.8 Å². The molecule has 0 radical (unpaired) electrons. The number of nitriles is 1. The van der Waals surface area contributed by atoms with Gasteiger partial charge in [0.05, 0.1) is 24.7 Å². The molecule has 0 fully saturated rings. The van der Waals surface area contributed by atoms with E-state index in [0.717, 1.165) is 16.9 Å². The Hall–Kier alpha value is -2.80. The van der Waals surface area contributed by atoms with Crippen LogP contribution in [0.4, 0.5) is 0 Å². The van der Waals surface area contributed by atoms with E-state index in [1.165, 1.54) is 5.56 Å². The van der Waals surface area contributed by atoms with Crippen molar-refractivity contribution in [2.24, 2.45) is 0 Å². The zero-order chi connectivity index (χ0) is 17.5. The molecule has 0 aliphatic rings. The zero-order valence-corrected chi connectivity index (χ0v) is 14.4. The molecule has 0 atom stereocenters. The van der Waals surface area contributed by atoms with Crippen LogP contribution >= 0.6 is 0 Å². The second-order valence-corrected chi connectivity index (χ2v) is 5.93. The molecule has 0 heterocycles. The van der Waals surface area contributed by atoms with Crippen LogP contribution in [0.15, 0.2) is 42.5 Å². The molecule has 24 heavy (non-hydrogen) atoms. The van der Waals surface area contributed by atoms with Crippen LogP contribution in [0.2, 0.25) is 0 Å². The summed E-state index contributed by atoms with van der Waals surface area (Å²) in [7, 11) is 1.78. The summed E-state index contributed by atoms with van der Waals surface area (Å²) in [5.74, 6) is 0.854. The number of nitrogens with zero attached hydrogens (tertiary/aromatic N) is 2. The van der Waals surface area contributed by atoms with Gasteiger partial charge < -0.3 is 9.64 Å². The molecule has 0 unspecified atom stereocenters. The van der Waals surface area contributed by atoms with Crippen molar-refractivity contribution in [1.29, 1.82) is 5.26 Å². The first kappa shape index (κ1) is 17.6. The normalized spacial score (nSPS) is 10.1. The Labute approximate surface area is 143 Å². The largest absolute Gasteiger partial charge is 0.493 e. The van der Waals surface area contributed by atoms with E-state index in [2.05, 4.69) is 12.1 Å². The predicted molar refractivity (Wildman–Crippen MR) is 93.7 cm³/mol. The average Bonchev–Trinajstić information content (AvgIpc) is 2.57. The Bertz CT molecular complexity index is 745.